The van der Waals surface area contributed by atoms with Gasteiger partial charge in [0.05, 0.1) is 0 Å². The first-order chi connectivity index (χ1) is 17.7. The Hall–Kier alpha value is -3.12. The molecule has 2 atom stereocenters. The van der Waals surface area contributed by atoms with Gasteiger partial charge in [-0.25, -0.2) is 0 Å². The quantitative estimate of drug-likeness (QED) is 0.324. The Balaban J connectivity index is 1.65. The Morgan fingerprint density at radius 2 is 1.70 bits per heavy atom. The maximum Gasteiger partial charge on any atom is 0.00859 e. The van der Waals surface area contributed by atoms with Crippen molar-refractivity contribution in [2.75, 3.05) is 0 Å². The molecule has 0 aliphatic heterocycles. The van der Waals surface area contributed by atoms with E-state index in [0.717, 1.165) is 25.7 Å². The normalized spacial score (nSPS) is 20.3. The lowest BCUT2D eigenvalue weighted by Crippen LogP contribution is -2.19. The lowest BCUT2D eigenvalue weighted by Gasteiger charge is -2.33. The van der Waals surface area contributed by atoms with E-state index in [4.69, 9.17) is 0 Å². The summed E-state index contributed by atoms with van der Waals surface area (Å²) in [7, 11) is 0. The molecule has 0 saturated heterocycles. The van der Waals surface area contributed by atoms with Crippen LogP contribution in [0.4, 0.5) is 0 Å². The third kappa shape index (κ3) is 6.42. The first kappa shape index (κ1) is 26.9. The van der Waals surface area contributed by atoms with Crippen molar-refractivity contribution in [1.82, 2.24) is 0 Å². The molecule has 2 aliphatic rings. The van der Waals surface area contributed by atoms with Crippen LogP contribution in [0, 0.1) is 25.2 Å². The summed E-state index contributed by atoms with van der Waals surface area (Å²) >= 11 is 0. The van der Waals surface area contributed by atoms with Gasteiger partial charge in [-0.05, 0) is 104 Å². The van der Waals surface area contributed by atoms with Gasteiger partial charge in [0.25, 0.3) is 0 Å². The van der Waals surface area contributed by atoms with Crippen molar-refractivity contribution in [1.29, 1.82) is 0 Å². The van der Waals surface area contributed by atoms with Crippen LogP contribution in [-0.2, 0) is 0 Å². The molecule has 0 bridgehead atoms. The Bertz CT molecular complexity index is 1300. The Morgan fingerprint density at radius 1 is 0.919 bits per heavy atom. The number of allylic oxidation sites excluding steroid dienone is 11. The highest BCUT2D eigenvalue weighted by atomic mass is 14.3. The molecule has 0 fully saturated rings. The minimum absolute atomic E-state index is 0.230. The number of hydrogen-bond donors (Lipinski definition) is 0. The molecule has 0 heteroatoms. The SMILES string of the molecule is C=C/C=C\CC(C)(C)CC1CC=C(c2ccc(C3CC=C(C)C=C3C)c(C)c2)C=C1c1ccccc1C. The summed E-state index contributed by atoms with van der Waals surface area (Å²) in [5.41, 5.74) is 12.9. The average Bonchev–Trinajstić information content (AvgIpc) is 2.85. The van der Waals surface area contributed by atoms with E-state index in [1.54, 1.807) is 0 Å². The molecular weight excluding hydrogens is 444 g/mol. The van der Waals surface area contributed by atoms with Gasteiger partial charge in [-0.1, -0.05) is 117 Å². The zero-order valence-electron chi connectivity index (χ0n) is 23.8. The maximum absolute atomic E-state index is 3.83. The Kier molecular flexibility index (Phi) is 8.38. The van der Waals surface area contributed by atoms with Crippen LogP contribution in [0.2, 0.25) is 0 Å². The maximum atomic E-state index is 3.83. The van der Waals surface area contributed by atoms with Gasteiger partial charge in [0.15, 0.2) is 0 Å². The molecule has 4 rings (SSSR count). The minimum atomic E-state index is 0.230. The molecule has 2 unspecified atom stereocenters. The molecule has 0 saturated carbocycles. The van der Waals surface area contributed by atoms with E-state index < -0.39 is 0 Å². The van der Waals surface area contributed by atoms with Crippen LogP contribution in [0.5, 0.6) is 0 Å². The summed E-state index contributed by atoms with van der Waals surface area (Å²) in [6, 6.07) is 16.0. The van der Waals surface area contributed by atoms with Crippen LogP contribution < -0.4 is 0 Å². The third-order valence-electron chi connectivity index (χ3n) is 8.23. The predicted molar refractivity (Wildman–Crippen MR) is 164 cm³/mol. The fourth-order valence-electron chi connectivity index (χ4n) is 6.19. The van der Waals surface area contributed by atoms with Gasteiger partial charge in [0, 0.05) is 5.92 Å². The van der Waals surface area contributed by atoms with Crippen LogP contribution in [0.3, 0.4) is 0 Å². The zero-order valence-corrected chi connectivity index (χ0v) is 23.8. The first-order valence-corrected chi connectivity index (χ1v) is 13.9. The number of rotatable bonds is 8. The van der Waals surface area contributed by atoms with E-state index in [-0.39, 0.29) is 5.41 Å². The fraction of sp³-hybridized carbons (Fsp3) is 0.351. The molecule has 37 heavy (non-hydrogen) atoms. The second kappa shape index (κ2) is 11.5. The van der Waals surface area contributed by atoms with Gasteiger partial charge in [-0.2, -0.15) is 0 Å². The molecule has 0 aromatic heterocycles. The van der Waals surface area contributed by atoms with Crippen molar-refractivity contribution in [2.24, 2.45) is 11.3 Å². The van der Waals surface area contributed by atoms with Gasteiger partial charge in [0.2, 0.25) is 0 Å². The predicted octanol–water partition coefficient (Wildman–Crippen LogP) is 10.7. The Morgan fingerprint density at radius 3 is 2.41 bits per heavy atom. The molecule has 0 nitrogen and oxygen atoms in total. The van der Waals surface area contributed by atoms with E-state index in [0.29, 0.717) is 11.8 Å². The molecular formula is C37H44. The number of benzene rings is 2. The van der Waals surface area contributed by atoms with Crippen LogP contribution >= 0.6 is 0 Å². The zero-order chi connectivity index (χ0) is 26.6. The van der Waals surface area contributed by atoms with Gasteiger partial charge >= 0.3 is 0 Å². The largest absolute Gasteiger partial charge is 0.0991 e. The summed E-state index contributed by atoms with van der Waals surface area (Å²) in [5, 5.41) is 0. The van der Waals surface area contributed by atoms with Crippen molar-refractivity contribution < 1.29 is 0 Å². The molecule has 2 aromatic carbocycles. The van der Waals surface area contributed by atoms with Gasteiger partial charge in [0.1, 0.15) is 0 Å². The summed E-state index contributed by atoms with van der Waals surface area (Å²) in [5.74, 6) is 1.01. The monoisotopic (exact) mass is 488 g/mol. The van der Waals surface area contributed by atoms with Crippen LogP contribution in [0.15, 0.2) is 103 Å². The van der Waals surface area contributed by atoms with Crippen molar-refractivity contribution in [3.05, 3.63) is 131 Å². The van der Waals surface area contributed by atoms with Gasteiger partial charge < -0.3 is 0 Å². The smallest absolute Gasteiger partial charge is 0.00859 e. The fourth-order valence-corrected chi connectivity index (χ4v) is 6.19. The molecule has 0 N–H and O–H groups in total. The molecule has 0 spiro atoms. The van der Waals surface area contributed by atoms with Crippen molar-refractivity contribution in [3.8, 4) is 0 Å². The van der Waals surface area contributed by atoms with E-state index in [9.17, 15) is 0 Å². The molecule has 192 valence electrons. The van der Waals surface area contributed by atoms with E-state index in [1.807, 2.05) is 6.08 Å². The molecule has 0 heterocycles. The molecule has 2 aliphatic carbocycles. The third-order valence-corrected chi connectivity index (χ3v) is 8.23. The summed E-state index contributed by atoms with van der Waals surface area (Å²) < 4.78 is 0. The highest BCUT2D eigenvalue weighted by molar-refractivity contribution is 5.87. The Labute approximate surface area is 225 Å². The summed E-state index contributed by atoms with van der Waals surface area (Å²) in [6.45, 7) is 17.6. The second-order valence-corrected chi connectivity index (χ2v) is 11.9. The minimum Gasteiger partial charge on any atom is -0.0991 e. The second-order valence-electron chi connectivity index (χ2n) is 11.9. The summed E-state index contributed by atoms with van der Waals surface area (Å²) in [4.78, 5) is 0. The van der Waals surface area contributed by atoms with Crippen LogP contribution in [0.25, 0.3) is 11.1 Å². The van der Waals surface area contributed by atoms with Crippen molar-refractivity contribution in [2.45, 2.75) is 73.1 Å². The van der Waals surface area contributed by atoms with E-state index in [1.165, 1.54) is 50.1 Å². The van der Waals surface area contributed by atoms with Crippen LogP contribution in [0.1, 0.15) is 87.1 Å². The molecule has 0 radical (unpaired) electrons. The standard InChI is InChI=1S/C37H44/c1-8-9-12-21-37(6,7)25-32-17-16-31(24-36(32)33-14-11-10-13-27(33)3)30-18-20-35(29(5)23-30)34-19-15-26(2)22-28(34)4/h8-16,18,20,22-24,32,34H,1,17,19,21,25H2,2-7H3/b12-9-. The first-order valence-electron chi connectivity index (χ1n) is 13.9. The van der Waals surface area contributed by atoms with E-state index in [2.05, 4.69) is 127 Å². The number of hydrogen-bond acceptors (Lipinski definition) is 0. The van der Waals surface area contributed by atoms with Crippen molar-refractivity contribution >= 4 is 11.1 Å². The molecule has 2 aromatic rings. The van der Waals surface area contributed by atoms with E-state index >= 15 is 0 Å². The van der Waals surface area contributed by atoms with Crippen molar-refractivity contribution in [3.63, 3.8) is 0 Å². The lowest BCUT2D eigenvalue weighted by molar-refractivity contribution is 0.300. The van der Waals surface area contributed by atoms with Gasteiger partial charge in [-0.3, -0.25) is 0 Å². The molecule has 0 amide bonds. The highest BCUT2D eigenvalue weighted by Gasteiger charge is 2.28. The van der Waals surface area contributed by atoms with Crippen LogP contribution in [-0.4, -0.2) is 0 Å². The average molecular weight is 489 g/mol. The highest BCUT2D eigenvalue weighted by Crippen LogP contribution is 2.44. The topological polar surface area (TPSA) is 0 Å². The summed E-state index contributed by atoms with van der Waals surface area (Å²) in [6.07, 6.45) is 20.3. The number of aryl methyl sites for hydroxylation is 2. The van der Waals surface area contributed by atoms with Gasteiger partial charge in [-0.15, -0.1) is 0 Å². The lowest BCUT2D eigenvalue weighted by atomic mass is 9.72.